The Labute approximate surface area is 278 Å². The average molecular weight is 772 g/mol. The number of nitrogens with zero attached hydrogens (tertiary/aromatic N) is 3. The molecule has 4 heterocycles. The Kier molecular flexibility index (Phi) is 6.61. The van der Waals surface area contributed by atoms with E-state index in [0.29, 0.717) is 5.71 Å². The van der Waals surface area contributed by atoms with Crippen LogP contribution in [0.3, 0.4) is 0 Å². The molecule has 0 atom stereocenters. The fourth-order valence-corrected chi connectivity index (χ4v) is 6.70. The van der Waals surface area contributed by atoms with Crippen LogP contribution in [0.1, 0.15) is 25.0 Å². The van der Waals surface area contributed by atoms with Gasteiger partial charge >= 0.3 is 0 Å². The van der Waals surface area contributed by atoms with Crippen molar-refractivity contribution in [1.82, 2.24) is 15.0 Å². The molecule has 4 aromatic heterocycles. The van der Waals surface area contributed by atoms with E-state index in [1.54, 1.807) is 12.5 Å². The van der Waals surface area contributed by atoms with Gasteiger partial charge in [0.1, 0.15) is 17.5 Å². The Hall–Kier alpha value is -5.16. The zero-order valence-corrected chi connectivity index (χ0v) is 27.4. The molecule has 0 bridgehead atoms. The predicted molar refractivity (Wildman–Crippen MR) is 179 cm³/mol. The molecule has 1 aliphatic rings. The molecule has 0 spiro atoms. The molecule has 0 saturated heterocycles. The van der Waals surface area contributed by atoms with Crippen LogP contribution in [0.5, 0.6) is 0 Å². The smallest absolute Gasteiger partial charge is 0.221 e. The number of furan rings is 2. The number of aromatic nitrogens is 3. The second-order valence-electron chi connectivity index (χ2n) is 11.9. The third-order valence-electron chi connectivity index (χ3n) is 8.92. The van der Waals surface area contributed by atoms with Gasteiger partial charge in [0, 0.05) is 42.8 Å². The molecular weight excluding hydrogens is 747 g/mol. The van der Waals surface area contributed by atoms with Crippen LogP contribution in [0.2, 0.25) is 0 Å². The molecule has 6 heteroatoms. The van der Waals surface area contributed by atoms with Crippen LogP contribution in [0, 0.1) is 12.1 Å². The minimum Gasteiger partial charge on any atom is -0.477 e. The Morgan fingerprint density at radius 3 is 2.30 bits per heavy atom. The van der Waals surface area contributed by atoms with Crippen LogP contribution in [0.25, 0.3) is 77.3 Å². The summed E-state index contributed by atoms with van der Waals surface area (Å²) in [4.78, 5) is 13.4. The monoisotopic (exact) mass is 772 g/mol. The average Bonchev–Trinajstić information content (AvgIpc) is 3.62. The van der Waals surface area contributed by atoms with Crippen molar-refractivity contribution in [1.29, 1.82) is 0 Å². The topological polar surface area (TPSA) is 65.0 Å². The van der Waals surface area contributed by atoms with Gasteiger partial charge in [-0.2, -0.15) is 0 Å². The number of hydrogen-bond donors (Lipinski definition) is 0. The Morgan fingerprint density at radius 2 is 1.50 bits per heavy atom. The first-order valence-electron chi connectivity index (χ1n) is 14.9. The summed E-state index contributed by atoms with van der Waals surface area (Å²) in [5.41, 5.74) is 8.95. The van der Waals surface area contributed by atoms with Gasteiger partial charge < -0.3 is 13.8 Å². The molecule has 10 rings (SSSR count). The maximum Gasteiger partial charge on any atom is 0.221 e. The number of rotatable bonds is 1. The predicted octanol–water partition coefficient (Wildman–Crippen LogP) is 10.1. The number of benzene rings is 5. The third-order valence-corrected chi connectivity index (χ3v) is 8.92. The molecular formula is C40H25IrN3O2-2. The van der Waals surface area contributed by atoms with E-state index in [1.807, 2.05) is 48.5 Å². The fraction of sp³-hybridized carbons (Fsp3) is 0.0750. The van der Waals surface area contributed by atoms with Crippen LogP contribution in [0.4, 0.5) is 0 Å². The summed E-state index contributed by atoms with van der Waals surface area (Å²) in [6, 6.07) is 41.7. The van der Waals surface area contributed by atoms with E-state index in [1.165, 1.54) is 16.5 Å². The van der Waals surface area contributed by atoms with Crippen LogP contribution >= 0.6 is 0 Å². The second-order valence-corrected chi connectivity index (χ2v) is 11.9. The van der Waals surface area contributed by atoms with Gasteiger partial charge in [-0.1, -0.05) is 79.9 Å². The Balaban J connectivity index is 0.000000204. The summed E-state index contributed by atoms with van der Waals surface area (Å²) in [5.74, 6) is 0. The van der Waals surface area contributed by atoms with Crippen molar-refractivity contribution in [3.8, 4) is 22.5 Å². The third kappa shape index (κ3) is 4.29. The molecule has 5 aromatic carbocycles. The van der Waals surface area contributed by atoms with E-state index in [4.69, 9.17) is 13.8 Å². The molecule has 223 valence electrons. The zero-order valence-electron chi connectivity index (χ0n) is 25.0. The molecule has 0 fully saturated rings. The Bertz CT molecular complexity index is 2530. The minimum absolute atomic E-state index is 0. The van der Waals surface area contributed by atoms with Crippen LogP contribution in [-0.4, -0.2) is 15.0 Å². The molecule has 1 radical (unpaired) electrons. The van der Waals surface area contributed by atoms with Crippen LogP contribution in [0.15, 0.2) is 124 Å². The normalized spacial score (nSPS) is 13.0. The molecule has 0 N–H and O–H groups in total. The molecule has 9 aromatic rings. The van der Waals surface area contributed by atoms with Gasteiger partial charge in [-0.15, -0.1) is 53.1 Å². The largest absolute Gasteiger partial charge is 0.477 e. The summed E-state index contributed by atoms with van der Waals surface area (Å²) in [7, 11) is 0. The van der Waals surface area contributed by atoms with Gasteiger partial charge in [-0.25, -0.2) is 4.98 Å². The maximum absolute atomic E-state index is 6.34. The van der Waals surface area contributed by atoms with Crippen molar-refractivity contribution in [3.63, 3.8) is 0 Å². The summed E-state index contributed by atoms with van der Waals surface area (Å²) < 4.78 is 12.4. The Morgan fingerprint density at radius 1 is 0.674 bits per heavy atom. The van der Waals surface area contributed by atoms with E-state index >= 15 is 0 Å². The summed E-state index contributed by atoms with van der Waals surface area (Å²) >= 11 is 0. The summed E-state index contributed by atoms with van der Waals surface area (Å²) in [5, 5.41) is 6.59. The number of hydrogen-bond acceptors (Lipinski definition) is 5. The maximum atomic E-state index is 6.34. The first kappa shape index (κ1) is 28.3. The van der Waals surface area contributed by atoms with Gasteiger partial charge in [-0.3, -0.25) is 4.98 Å². The van der Waals surface area contributed by atoms with E-state index in [9.17, 15) is 0 Å². The SMILES string of the molecule is CC1(C)c2cc3c([c-]c2-c2ncnc4oc5cccc1c5c24)oc1cc2ccccc2cc13.[Ir].[c-]1ccccc1-c1ccccn1. The number of fused-ring (bicyclic) bond motifs is 6. The van der Waals surface area contributed by atoms with Gasteiger partial charge in [-0.05, 0) is 51.0 Å². The van der Waals surface area contributed by atoms with E-state index < -0.39 is 0 Å². The van der Waals surface area contributed by atoms with Crippen molar-refractivity contribution in [2.24, 2.45) is 0 Å². The molecule has 1 aliphatic carbocycles. The second kappa shape index (κ2) is 10.7. The summed E-state index contributed by atoms with van der Waals surface area (Å²) in [6.45, 7) is 4.52. The quantitative estimate of drug-likeness (QED) is 0.156. The number of pyridine rings is 1. The van der Waals surface area contributed by atoms with Crippen molar-refractivity contribution in [3.05, 3.63) is 139 Å². The molecule has 0 aliphatic heterocycles. The summed E-state index contributed by atoms with van der Waals surface area (Å²) in [6.07, 6.45) is 3.36. The van der Waals surface area contributed by atoms with Gasteiger partial charge in [0.25, 0.3) is 0 Å². The first-order chi connectivity index (χ1) is 22.1. The van der Waals surface area contributed by atoms with Crippen LogP contribution < -0.4 is 0 Å². The molecule has 5 nitrogen and oxygen atoms in total. The standard InChI is InChI=1S/C29H17N2O2.C11H8N.Ir/c1-29(2)20-8-5-9-22-25(20)26-27(30-14-31-28(26)33-22)19-13-24-18(12-21(19)29)17-10-15-6-3-4-7-16(15)11-23(17)32-24;1-2-6-10(7-3-1)11-8-4-5-9-12-11;/h3-12,14H,1-2H3;1-6,8-9H;/q2*-1;. The van der Waals surface area contributed by atoms with Crippen molar-refractivity contribution in [2.45, 2.75) is 19.3 Å². The molecule has 46 heavy (non-hydrogen) atoms. The molecule has 0 amide bonds. The van der Waals surface area contributed by atoms with Gasteiger partial charge in [0.05, 0.1) is 5.58 Å². The first-order valence-corrected chi connectivity index (χ1v) is 14.9. The molecule has 0 unspecified atom stereocenters. The minimum atomic E-state index is -0.294. The zero-order chi connectivity index (χ0) is 30.1. The van der Waals surface area contributed by atoms with Gasteiger partial charge in [0.15, 0.2) is 0 Å². The van der Waals surface area contributed by atoms with E-state index in [-0.39, 0.29) is 25.5 Å². The molecule has 0 saturated carbocycles. The van der Waals surface area contributed by atoms with E-state index in [0.717, 1.165) is 66.2 Å². The van der Waals surface area contributed by atoms with Crippen molar-refractivity contribution >= 4 is 54.8 Å². The van der Waals surface area contributed by atoms with Crippen molar-refractivity contribution in [2.75, 3.05) is 0 Å². The van der Waals surface area contributed by atoms with Gasteiger partial charge in [0.2, 0.25) is 5.71 Å². The van der Waals surface area contributed by atoms with E-state index in [2.05, 4.69) is 90.5 Å². The van der Waals surface area contributed by atoms with Crippen LogP contribution in [-0.2, 0) is 25.5 Å². The fourth-order valence-electron chi connectivity index (χ4n) is 6.70. The van der Waals surface area contributed by atoms with Crippen molar-refractivity contribution < 1.29 is 28.9 Å².